The lowest BCUT2D eigenvalue weighted by Gasteiger charge is -2.44. The summed E-state index contributed by atoms with van der Waals surface area (Å²) in [4.78, 5) is 34.2. The highest BCUT2D eigenvalue weighted by atomic mass is 32.2. The Kier molecular flexibility index (Phi) is 5.15. The maximum absolute atomic E-state index is 13.4. The molecule has 1 saturated carbocycles. The molecule has 2 aliphatic carbocycles. The van der Waals surface area contributed by atoms with Gasteiger partial charge in [0.05, 0.1) is 17.9 Å². The van der Waals surface area contributed by atoms with Crippen molar-refractivity contribution >= 4 is 21.8 Å². The SMILES string of the molecule is COC(=O)[C@H]1[C@@H]2CC[C@@]([N+](=O)[O-])(S(=O)(=O)c3ccccc3)C[C@H]2C=C2C(=O)O[C@@H](C)[C@H]21. The molecule has 31 heavy (non-hydrogen) atoms. The Hall–Kier alpha value is -2.75. The van der Waals surface area contributed by atoms with Crippen LogP contribution in [0.3, 0.4) is 0 Å². The van der Waals surface area contributed by atoms with Crippen molar-refractivity contribution in [3.05, 3.63) is 52.1 Å². The third kappa shape index (κ3) is 3.07. The van der Waals surface area contributed by atoms with Crippen molar-refractivity contribution in [2.24, 2.45) is 23.7 Å². The quantitative estimate of drug-likeness (QED) is 0.388. The van der Waals surface area contributed by atoms with Crippen molar-refractivity contribution in [2.45, 2.75) is 42.1 Å². The lowest BCUT2D eigenvalue weighted by molar-refractivity contribution is -0.547. The smallest absolute Gasteiger partial charge is 0.334 e. The number of carbonyl (C=O) groups excluding carboxylic acids is 2. The molecule has 1 saturated heterocycles. The summed E-state index contributed by atoms with van der Waals surface area (Å²) in [5, 5.41) is 12.2. The van der Waals surface area contributed by atoms with Gasteiger partial charge < -0.3 is 9.47 Å². The summed E-state index contributed by atoms with van der Waals surface area (Å²) in [5.74, 6) is -3.35. The summed E-state index contributed by atoms with van der Waals surface area (Å²) in [6, 6.07) is 7.35. The highest BCUT2D eigenvalue weighted by molar-refractivity contribution is 7.92. The Bertz CT molecular complexity index is 1070. The van der Waals surface area contributed by atoms with Crippen molar-refractivity contribution in [3.63, 3.8) is 0 Å². The molecule has 0 N–H and O–H groups in total. The topological polar surface area (TPSA) is 130 Å². The Morgan fingerprint density at radius 2 is 1.97 bits per heavy atom. The standard InChI is InChI=1S/C21H23NO8S/c1-12-17-16(19(23)30-12)10-13-11-21(22(25)26,9-8-15(13)18(17)20(24)29-2)31(27,28)14-6-4-3-5-7-14/h3-7,10,12-13,15,17-18H,8-9,11H2,1-2H3/t12-,13+,15+,17+,18-,21+/m0/s1. The summed E-state index contributed by atoms with van der Waals surface area (Å²) in [7, 11) is -3.07. The molecule has 166 valence electrons. The Morgan fingerprint density at radius 3 is 2.58 bits per heavy atom. The van der Waals surface area contributed by atoms with Gasteiger partial charge in [-0.05, 0) is 37.3 Å². The lowest BCUT2D eigenvalue weighted by atomic mass is 9.61. The Balaban J connectivity index is 1.80. The third-order valence-corrected chi connectivity index (χ3v) is 9.38. The van der Waals surface area contributed by atoms with E-state index in [-0.39, 0.29) is 35.6 Å². The number of hydrogen-bond acceptors (Lipinski definition) is 8. The van der Waals surface area contributed by atoms with E-state index in [4.69, 9.17) is 9.47 Å². The summed E-state index contributed by atoms with van der Waals surface area (Å²) < 4.78 is 37.1. The molecule has 0 unspecified atom stereocenters. The number of sulfone groups is 1. The fraction of sp³-hybridized carbons (Fsp3) is 0.524. The van der Waals surface area contributed by atoms with Gasteiger partial charge in [0.1, 0.15) is 6.10 Å². The summed E-state index contributed by atoms with van der Waals surface area (Å²) in [6.45, 7) is 1.70. The van der Waals surface area contributed by atoms with E-state index in [0.717, 1.165) is 0 Å². The molecule has 3 aliphatic rings. The van der Waals surface area contributed by atoms with Gasteiger partial charge in [0.2, 0.25) is 9.84 Å². The first-order chi connectivity index (χ1) is 14.6. The van der Waals surface area contributed by atoms with Gasteiger partial charge in [0, 0.05) is 29.3 Å². The maximum Gasteiger partial charge on any atom is 0.334 e. The number of benzene rings is 1. The number of carbonyl (C=O) groups is 2. The van der Waals surface area contributed by atoms with Gasteiger partial charge in [-0.15, -0.1) is 0 Å². The normalized spacial score (nSPS) is 34.7. The predicted octanol–water partition coefficient (Wildman–Crippen LogP) is 2.14. The minimum absolute atomic E-state index is 0.120. The summed E-state index contributed by atoms with van der Waals surface area (Å²) in [6.07, 6.45) is 0.647. The second-order valence-corrected chi connectivity index (χ2v) is 10.6. The molecular formula is C21H23NO8S. The van der Waals surface area contributed by atoms with Crippen LogP contribution < -0.4 is 0 Å². The van der Waals surface area contributed by atoms with Crippen LogP contribution in [0.5, 0.6) is 0 Å². The van der Waals surface area contributed by atoms with Crippen molar-refractivity contribution in [2.75, 3.05) is 7.11 Å². The van der Waals surface area contributed by atoms with Crippen molar-refractivity contribution in [1.29, 1.82) is 0 Å². The number of cyclic esters (lactones) is 1. The number of rotatable bonds is 4. The van der Waals surface area contributed by atoms with E-state index in [1.54, 1.807) is 19.1 Å². The molecule has 1 heterocycles. The Labute approximate surface area is 179 Å². The molecule has 4 rings (SSSR count). The molecule has 0 aromatic heterocycles. The average molecular weight is 449 g/mol. The molecule has 1 aromatic carbocycles. The van der Waals surface area contributed by atoms with Crippen LogP contribution in [0.1, 0.15) is 26.2 Å². The molecule has 1 aliphatic heterocycles. The van der Waals surface area contributed by atoms with Gasteiger partial charge in [-0.3, -0.25) is 14.9 Å². The van der Waals surface area contributed by atoms with Gasteiger partial charge in [-0.1, -0.05) is 24.3 Å². The van der Waals surface area contributed by atoms with Gasteiger partial charge >= 0.3 is 16.8 Å². The number of hydrogen-bond donors (Lipinski definition) is 0. The van der Waals surface area contributed by atoms with Crippen molar-refractivity contribution < 1.29 is 32.4 Å². The minimum atomic E-state index is -4.32. The van der Waals surface area contributed by atoms with Gasteiger partial charge in [0.25, 0.3) is 0 Å². The average Bonchev–Trinajstić information content (AvgIpc) is 3.04. The van der Waals surface area contributed by atoms with Crippen LogP contribution in [0.15, 0.2) is 46.9 Å². The van der Waals surface area contributed by atoms with Gasteiger partial charge in [-0.25, -0.2) is 13.2 Å². The van der Waals surface area contributed by atoms with E-state index < -0.39 is 55.4 Å². The van der Waals surface area contributed by atoms with Crippen molar-refractivity contribution in [3.8, 4) is 0 Å². The van der Waals surface area contributed by atoms with Crippen molar-refractivity contribution in [1.82, 2.24) is 0 Å². The first kappa shape index (κ1) is 21.5. The number of allylic oxidation sites excluding steroid dienone is 1. The molecule has 6 atom stereocenters. The van der Waals surface area contributed by atoms with Crippen LogP contribution >= 0.6 is 0 Å². The van der Waals surface area contributed by atoms with E-state index in [9.17, 15) is 28.1 Å². The number of ether oxygens (including phenoxy) is 2. The number of nitrogens with zero attached hydrogens (tertiary/aromatic N) is 1. The van der Waals surface area contributed by atoms with E-state index in [2.05, 4.69) is 0 Å². The van der Waals surface area contributed by atoms with Crippen LogP contribution in [-0.4, -0.2) is 43.4 Å². The molecule has 2 fully saturated rings. The molecule has 0 bridgehead atoms. The summed E-state index contributed by atoms with van der Waals surface area (Å²) in [5.41, 5.74) is 0.278. The summed E-state index contributed by atoms with van der Waals surface area (Å²) >= 11 is 0. The fourth-order valence-corrected chi connectivity index (χ4v) is 7.45. The van der Waals surface area contributed by atoms with Crippen LogP contribution in [0, 0.1) is 33.8 Å². The van der Waals surface area contributed by atoms with Crippen LogP contribution in [0.25, 0.3) is 0 Å². The van der Waals surface area contributed by atoms with E-state index >= 15 is 0 Å². The molecule has 9 nitrogen and oxygen atoms in total. The van der Waals surface area contributed by atoms with Gasteiger partial charge in [-0.2, -0.15) is 0 Å². The largest absolute Gasteiger partial charge is 0.469 e. The molecule has 10 heteroatoms. The predicted molar refractivity (Wildman–Crippen MR) is 107 cm³/mol. The van der Waals surface area contributed by atoms with E-state index in [1.807, 2.05) is 0 Å². The van der Waals surface area contributed by atoms with Gasteiger partial charge in [0.15, 0.2) is 0 Å². The third-order valence-electron chi connectivity index (χ3n) is 6.97. The van der Waals surface area contributed by atoms with E-state index in [1.165, 1.54) is 31.4 Å². The fourth-order valence-electron chi connectivity index (χ4n) is 5.50. The van der Waals surface area contributed by atoms with Crippen LogP contribution in [-0.2, 0) is 28.9 Å². The first-order valence-electron chi connectivity index (χ1n) is 10.1. The lowest BCUT2D eigenvalue weighted by Crippen LogP contribution is -2.54. The second-order valence-electron chi connectivity index (χ2n) is 8.40. The number of methoxy groups -OCH3 is 1. The zero-order valence-corrected chi connectivity index (χ0v) is 17.9. The van der Waals surface area contributed by atoms with E-state index in [0.29, 0.717) is 0 Å². The maximum atomic E-state index is 13.4. The molecule has 0 amide bonds. The highest BCUT2D eigenvalue weighted by Gasteiger charge is 2.64. The number of nitro groups is 1. The monoisotopic (exact) mass is 449 g/mol. The van der Waals surface area contributed by atoms with Crippen LogP contribution in [0.4, 0.5) is 0 Å². The second kappa shape index (κ2) is 7.44. The van der Waals surface area contributed by atoms with Crippen LogP contribution in [0.2, 0.25) is 0 Å². The highest BCUT2D eigenvalue weighted by Crippen LogP contribution is 2.54. The molecule has 0 radical (unpaired) electrons. The zero-order valence-electron chi connectivity index (χ0n) is 17.1. The molecular weight excluding hydrogens is 426 g/mol. The molecule has 0 spiro atoms. The zero-order chi connectivity index (χ0) is 22.6. The number of fused-ring (bicyclic) bond motifs is 2. The molecule has 1 aromatic rings. The Morgan fingerprint density at radius 1 is 1.29 bits per heavy atom. The first-order valence-corrected chi connectivity index (χ1v) is 11.6. The number of esters is 2. The minimum Gasteiger partial charge on any atom is -0.469 e.